The summed E-state index contributed by atoms with van der Waals surface area (Å²) < 4.78 is 0. The van der Waals surface area contributed by atoms with Crippen LogP contribution in [0.25, 0.3) is 0 Å². The lowest BCUT2D eigenvalue weighted by molar-refractivity contribution is -0.384. The first kappa shape index (κ1) is 11.4. The van der Waals surface area contributed by atoms with E-state index in [1.807, 2.05) is 0 Å². The third-order valence-corrected chi connectivity index (χ3v) is 2.90. The van der Waals surface area contributed by atoms with E-state index in [2.05, 4.69) is 0 Å². The normalized spacial score (nSPS) is 14.4. The van der Waals surface area contributed by atoms with Gasteiger partial charge in [-0.1, -0.05) is 6.07 Å². The molecule has 17 heavy (non-hydrogen) atoms. The Morgan fingerprint density at radius 1 is 1.53 bits per heavy atom. The van der Waals surface area contributed by atoms with Crippen LogP contribution in [0.1, 0.15) is 23.2 Å². The van der Waals surface area contributed by atoms with Gasteiger partial charge in [0.25, 0.3) is 0 Å². The Bertz CT molecular complexity index is 482. The van der Waals surface area contributed by atoms with Crippen molar-refractivity contribution in [3.05, 3.63) is 33.9 Å². The van der Waals surface area contributed by atoms with Crippen LogP contribution in [0.2, 0.25) is 0 Å². The molecular weight excluding hydrogens is 224 g/mol. The molecule has 6 heteroatoms. The molecule has 1 aliphatic carbocycles. The molecule has 1 N–H and O–H groups in total. The van der Waals surface area contributed by atoms with Crippen molar-refractivity contribution < 1.29 is 14.8 Å². The number of hydrogen-bond donors (Lipinski definition) is 1. The fourth-order valence-corrected chi connectivity index (χ4v) is 1.84. The van der Waals surface area contributed by atoms with Crippen LogP contribution in [0.3, 0.4) is 0 Å². The standard InChI is InChI=1S/C11H12N2O4/c1-12(7-5-6-7)9-4-2-3-8(11(14)15)10(9)13(16)17/h2-4,7H,5-6H2,1H3,(H,14,15). The van der Waals surface area contributed by atoms with E-state index in [1.165, 1.54) is 12.1 Å². The molecule has 0 spiro atoms. The van der Waals surface area contributed by atoms with E-state index < -0.39 is 10.9 Å². The first-order chi connectivity index (χ1) is 8.02. The maximum atomic E-state index is 11.0. The SMILES string of the molecule is CN(c1cccc(C(=O)O)c1[N+](=O)[O-])C1CC1. The Kier molecular flexibility index (Phi) is 2.71. The summed E-state index contributed by atoms with van der Waals surface area (Å²) in [5, 5.41) is 20.0. The van der Waals surface area contributed by atoms with Gasteiger partial charge in [-0.25, -0.2) is 4.79 Å². The lowest BCUT2D eigenvalue weighted by Crippen LogP contribution is -2.21. The molecule has 1 aromatic rings. The monoisotopic (exact) mass is 236 g/mol. The Balaban J connectivity index is 2.53. The molecule has 0 bridgehead atoms. The van der Waals surface area contributed by atoms with Crippen LogP contribution in [0, 0.1) is 10.1 Å². The van der Waals surface area contributed by atoms with E-state index >= 15 is 0 Å². The van der Waals surface area contributed by atoms with Crippen LogP contribution >= 0.6 is 0 Å². The summed E-state index contributed by atoms with van der Waals surface area (Å²) in [6.45, 7) is 0. The van der Waals surface area contributed by atoms with E-state index in [0.29, 0.717) is 5.69 Å². The molecule has 0 saturated heterocycles. The molecule has 0 aliphatic heterocycles. The van der Waals surface area contributed by atoms with E-state index in [9.17, 15) is 14.9 Å². The first-order valence-corrected chi connectivity index (χ1v) is 5.26. The molecule has 1 aliphatic rings. The molecule has 1 aromatic carbocycles. The number of benzene rings is 1. The van der Waals surface area contributed by atoms with Crippen molar-refractivity contribution in [3.8, 4) is 0 Å². The minimum absolute atomic E-state index is 0.264. The Hall–Kier alpha value is -2.11. The third-order valence-electron chi connectivity index (χ3n) is 2.90. The van der Waals surface area contributed by atoms with E-state index in [1.54, 1.807) is 18.0 Å². The average Bonchev–Trinajstić information content (AvgIpc) is 3.10. The molecule has 1 saturated carbocycles. The zero-order chi connectivity index (χ0) is 12.6. The topological polar surface area (TPSA) is 83.7 Å². The maximum absolute atomic E-state index is 11.0. The minimum atomic E-state index is -1.28. The predicted molar refractivity (Wildman–Crippen MR) is 61.5 cm³/mol. The van der Waals surface area contributed by atoms with Crippen LogP contribution in [0.15, 0.2) is 18.2 Å². The molecule has 6 nitrogen and oxygen atoms in total. The lowest BCUT2D eigenvalue weighted by Gasteiger charge is -2.18. The predicted octanol–water partition coefficient (Wildman–Crippen LogP) is 1.89. The highest BCUT2D eigenvalue weighted by atomic mass is 16.6. The fourth-order valence-electron chi connectivity index (χ4n) is 1.84. The third kappa shape index (κ3) is 2.06. The second-order valence-electron chi connectivity index (χ2n) is 4.08. The number of nitro groups is 1. The van der Waals surface area contributed by atoms with Crippen molar-refractivity contribution in [1.29, 1.82) is 0 Å². The summed E-state index contributed by atoms with van der Waals surface area (Å²) in [6, 6.07) is 4.66. The molecular formula is C11H12N2O4. The Morgan fingerprint density at radius 3 is 2.65 bits per heavy atom. The molecule has 0 amide bonds. The minimum Gasteiger partial charge on any atom is -0.477 e. The molecule has 0 atom stereocenters. The Labute approximate surface area is 97.6 Å². The quantitative estimate of drug-likeness (QED) is 0.637. The summed E-state index contributed by atoms with van der Waals surface area (Å²) in [5.41, 5.74) is -0.216. The van der Waals surface area contributed by atoms with Crippen LogP contribution in [0.4, 0.5) is 11.4 Å². The molecule has 1 fully saturated rings. The van der Waals surface area contributed by atoms with Gasteiger partial charge in [0.05, 0.1) is 4.92 Å². The van der Waals surface area contributed by atoms with Gasteiger partial charge >= 0.3 is 11.7 Å². The van der Waals surface area contributed by atoms with E-state index in [-0.39, 0.29) is 17.3 Å². The van der Waals surface area contributed by atoms with Gasteiger partial charge in [0, 0.05) is 13.1 Å². The second-order valence-corrected chi connectivity index (χ2v) is 4.08. The Morgan fingerprint density at radius 2 is 2.18 bits per heavy atom. The highest BCUT2D eigenvalue weighted by Crippen LogP contribution is 2.37. The zero-order valence-corrected chi connectivity index (χ0v) is 9.29. The van der Waals surface area contributed by atoms with Gasteiger partial charge in [-0.2, -0.15) is 0 Å². The summed E-state index contributed by atoms with van der Waals surface area (Å²) >= 11 is 0. The molecule has 90 valence electrons. The van der Waals surface area contributed by atoms with Gasteiger partial charge < -0.3 is 10.0 Å². The summed E-state index contributed by atoms with van der Waals surface area (Å²) in [5.74, 6) is -1.28. The van der Waals surface area contributed by atoms with Crippen LogP contribution in [0.5, 0.6) is 0 Å². The number of nitrogens with zero attached hydrogens (tertiary/aromatic N) is 2. The van der Waals surface area contributed by atoms with Crippen molar-refractivity contribution in [1.82, 2.24) is 0 Å². The molecule has 0 radical (unpaired) electrons. The van der Waals surface area contributed by atoms with E-state index in [0.717, 1.165) is 12.8 Å². The largest absolute Gasteiger partial charge is 0.477 e. The fraction of sp³-hybridized carbons (Fsp3) is 0.364. The van der Waals surface area contributed by atoms with Gasteiger partial charge in [0.1, 0.15) is 11.3 Å². The molecule has 0 heterocycles. The summed E-state index contributed by atoms with van der Waals surface area (Å²) in [6.07, 6.45) is 1.98. The number of anilines is 1. The lowest BCUT2D eigenvalue weighted by atomic mass is 10.1. The van der Waals surface area contributed by atoms with E-state index in [4.69, 9.17) is 5.11 Å². The number of para-hydroxylation sites is 1. The number of carboxylic acid groups (broad SMARTS) is 1. The van der Waals surface area contributed by atoms with Gasteiger partial charge in [-0.05, 0) is 25.0 Å². The van der Waals surface area contributed by atoms with Crippen molar-refractivity contribution in [2.24, 2.45) is 0 Å². The summed E-state index contributed by atoms with van der Waals surface area (Å²) in [4.78, 5) is 23.1. The van der Waals surface area contributed by atoms with Crippen molar-refractivity contribution in [2.75, 3.05) is 11.9 Å². The number of carboxylic acids is 1. The first-order valence-electron chi connectivity index (χ1n) is 5.26. The second kappa shape index (κ2) is 4.04. The van der Waals surface area contributed by atoms with Gasteiger partial charge in [-0.3, -0.25) is 10.1 Å². The zero-order valence-electron chi connectivity index (χ0n) is 9.29. The molecule has 0 unspecified atom stereocenters. The van der Waals surface area contributed by atoms with Crippen LogP contribution in [-0.4, -0.2) is 29.1 Å². The van der Waals surface area contributed by atoms with Crippen molar-refractivity contribution >= 4 is 17.3 Å². The number of hydrogen-bond acceptors (Lipinski definition) is 4. The molecule has 2 rings (SSSR count). The maximum Gasteiger partial charge on any atom is 0.342 e. The number of aromatic carboxylic acids is 1. The van der Waals surface area contributed by atoms with Gasteiger partial charge in [0.15, 0.2) is 0 Å². The van der Waals surface area contributed by atoms with Crippen LogP contribution in [-0.2, 0) is 0 Å². The number of rotatable bonds is 4. The van der Waals surface area contributed by atoms with Gasteiger partial charge in [-0.15, -0.1) is 0 Å². The van der Waals surface area contributed by atoms with Gasteiger partial charge in [0.2, 0.25) is 0 Å². The highest BCUT2D eigenvalue weighted by molar-refractivity contribution is 5.95. The number of nitro benzene ring substituents is 1. The summed E-state index contributed by atoms with van der Waals surface area (Å²) in [7, 11) is 1.76. The smallest absolute Gasteiger partial charge is 0.342 e. The van der Waals surface area contributed by atoms with Crippen LogP contribution < -0.4 is 4.90 Å². The average molecular weight is 236 g/mol. The van der Waals surface area contributed by atoms with Crippen molar-refractivity contribution in [2.45, 2.75) is 18.9 Å². The number of carbonyl (C=O) groups is 1. The highest BCUT2D eigenvalue weighted by Gasteiger charge is 2.33. The van der Waals surface area contributed by atoms with Crippen molar-refractivity contribution in [3.63, 3.8) is 0 Å². The molecule has 0 aromatic heterocycles.